The van der Waals surface area contributed by atoms with Crippen molar-refractivity contribution in [2.75, 3.05) is 0 Å². The van der Waals surface area contributed by atoms with Gasteiger partial charge in [0.05, 0.1) is 11.6 Å². The van der Waals surface area contributed by atoms with E-state index < -0.39 is 23.6 Å². The summed E-state index contributed by atoms with van der Waals surface area (Å²) in [5.74, 6) is -0.557. The van der Waals surface area contributed by atoms with Gasteiger partial charge in [-0.3, -0.25) is 0 Å². The zero-order valence-electron chi connectivity index (χ0n) is 10.1. The first-order chi connectivity index (χ1) is 9.29. The minimum Gasteiger partial charge on any atom is -0.320 e. The fourth-order valence-electron chi connectivity index (χ4n) is 1.84. The fraction of sp³-hybridized carbons (Fsp3) is 0.143. The Morgan fingerprint density at radius 3 is 2.40 bits per heavy atom. The van der Waals surface area contributed by atoms with Crippen molar-refractivity contribution in [2.24, 2.45) is 5.73 Å². The van der Waals surface area contributed by atoms with E-state index in [4.69, 9.17) is 5.73 Å². The second kappa shape index (κ2) is 5.54. The third kappa shape index (κ3) is 3.19. The van der Waals surface area contributed by atoms with Gasteiger partial charge in [0.25, 0.3) is 0 Å². The van der Waals surface area contributed by atoms with E-state index in [2.05, 4.69) is 15.9 Å². The van der Waals surface area contributed by atoms with Crippen LogP contribution in [0.1, 0.15) is 22.7 Å². The standard InChI is InChI=1S/C14H10BrF4N/c15-10-4-5-12(16)11(7-10)13(20)8-2-1-3-9(6-8)14(17,18)19/h1-7,13H,20H2. The van der Waals surface area contributed by atoms with Crippen LogP contribution in [0.5, 0.6) is 0 Å². The first-order valence-electron chi connectivity index (χ1n) is 5.66. The van der Waals surface area contributed by atoms with E-state index in [-0.39, 0.29) is 11.1 Å². The number of halogens is 5. The van der Waals surface area contributed by atoms with Crippen LogP contribution in [0.4, 0.5) is 17.6 Å². The Hall–Kier alpha value is -1.40. The highest BCUT2D eigenvalue weighted by Gasteiger charge is 2.31. The van der Waals surface area contributed by atoms with E-state index >= 15 is 0 Å². The SMILES string of the molecule is NC(c1cccc(C(F)(F)F)c1)c1cc(Br)ccc1F. The molecule has 0 spiro atoms. The molecule has 2 rings (SSSR count). The molecule has 106 valence electrons. The molecular weight excluding hydrogens is 338 g/mol. The molecule has 20 heavy (non-hydrogen) atoms. The topological polar surface area (TPSA) is 26.0 Å². The van der Waals surface area contributed by atoms with Crippen LogP contribution in [-0.2, 0) is 6.18 Å². The fourth-order valence-corrected chi connectivity index (χ4v) is 2.22. The zero-order valence-corrected chi connectivity index (χ0v) is 11.7. The molecule has 0 aromatic heterocycles. The van der Waals surface area contributed by atoms with Gasteiger partial charge in [0.15, 0.2) is 0 Å². The van der Waals surface area contributed by atoms with Gasteiger partial charge < -0.3 is 5.73 Å². The van der Waals surface area contributed by atoms with Gasteiger partial charge in [-0.25, -0.2) is 4.39 Å². The van der Waals surface area contributed by atoms with Crippen LogP contribution in [0, 0.1) is 5.82 Å². The van der Waals surface area contributed by atoms with Gasteiger partial charge in [0, 0.05) is 10.0 Å². The monoisotopic (exact) mass is 347 g/mol. The maximum absolute atomic E-state index is 13.7. The molecule has 0 saturated carbocycles. The van der Waals surface area contributed by atoms with Crippen molar-refractivity contribution in [1.82, 2.24) is 0 Å². The van der Waals surface area contributed by atoms with Crippen molar-refractivity contribution < 1.29 is 17.6 Å². The van der Waals surface area contributed by atoms with Gasteiger partial charge in [0.1, 0.15) is 5.82 Å². The van der Waals surface area contributed by atoms with E-state index in [1.165, 1.54) is 30.3 Å². The van der Waals surface area contributed by atoms with Crippen LogP contribution >= 0.6 is 15.9 Å². The molecule has 0 aliphatic heterocycles. The first-order valence-corrected chi connectivity index (χ1v) is 6.46. The Labute approximate surface area is 121 Å². The third-order valence-electron chi connectivity index (χ3n) is 2.87. The minimum atomic E-state index is -4.45. The largest absolute Gasteiger partial charge is 0.416 e. The Morgan fingerprint density at radius 2 is 1.75 bits per heavy atom. The van der Waals surface area contributed by atoms with Gasteiger partial charge in [0.2, 0.25) is 0 Å². The maximum Gasteiger partial charge on any atom is 0.416 e. The molecule has 2 aromatic carbocycles. The lowest BCUT2D eigenvalue weighted by Gasteiger charge is -2.16. The first kappa shape index (κ1) is 15.0. The summed E-state index contributed by atoms with van der Waals surface area (Å²) in [6.45, 7) is 0. The van der Waals surface area contributed by atoms with Gasteiger partial charge >= 0.3 is 6.18 Å². The summed E-state index contributed by atoms with van der Waals surface area (Å²) in [6.07, 6.45) is -4.45. The summed E-state index contributed by atoms with van der Waals surface area (Å²) >= 11 is 3.18. The second-order valence-electron chi connectivity index (χ2n) is 4.27. The molecule has 2 aromatic rings. The number of hydrogen-bond acceptors (Lipinski definition) is 1. The average Bonchev–Trinajstić information content (AvgIpc) is 2.40. The predicted molar refractivity (Wildman–Crippen MR) is 71.6 cm³/mol. The van der Waals surface area contributed by atoms with Gasteiger partial charge in [-0.05, 0) is 35.9 Å². The van der Waals surface area contributed by atoms with Crippen molar-refractivity contribution in [1.29, 1.82) is 0 Å². The summed E-state index contributed by atoms with van der Waals surface area (Å²) in [4.78, 5) is 0. The Kier molecular flexibility index (Phi) is 4.15. The highest BCUT2D eigenvalue weighted by Crippen LogP contribution is 2.32. The highest BCUT2D eigenvalue weighted by molar-refractivity contribution is 9.10. The smallest absolute Gasteiger partial charge is 0.320 e. The summed E-state index contributed by atoms with van der Waals surface area (Å²) in [5.41, 5.74) is 5.41. The number of nitrogens with two attached hydrogens (primary N) is 1. The van der Waals surface area contributed by atoms with Crippen molar-refractivity contribution >= 4 is 15.9 Å². The Balaban J connectivity index is 2.43. The summed E-state index contributed by atoms with van der Waals surface area (Å²) in [6, 6.07) is 7.80. The quantitative estimate of drug-likeness (QED) is 0.786. The van der Waals surface area contributed by atoms with E-state index in [0.29, 0.717) is 4.47 Å². The lowest BCUT2D eigenvalue weighted by atomic mass is 9.97. The molecule has 0 fully saturated rings. The number of rotatable bonds is 2. The molecule has 1 atom stereocenters. The van der Waals surface area contributed by atoms with Gasteiger partial charge in [-0.2, -0.15) is 13.2 Å². The molecule has 0 saturated heterocycles. The molecule has 0 aliphatic rings. The van der Waals surface area contributed by atoms with Crippen LogP contribution in [0.2, 0.25) is 0 Å². The van der Waals surface area contributed by atoms with Crippen molar-refractivity contribution in [3.8, 4) is 0 Å². The number of hydrogen-bond donors (Lipinski definition) is 1. The maximum atomic E-state index is 13.7. The third-order valence-corrected chi connectivity index (χ3v) is 3.36. The van der Waals surface area contributed by atoms with Crippen LogP contribution in [0.25, 0.3) is 0 Å². The summed E-state index contributed by atoms with van der Waals surface area (Å²) < 4.78 is 52.3. The Bertz CT molecular complexity index is 625. The highest BCUT2D eigenvalue weighted by atomic mass is 79.9. The molecule has 0 radical (unpaired) electrons. The van der Waals surface area contributed by atoms with Crippen molar-refractivity contribution in [2.45, 2.75) is 12.2 Å². The molecule has 0 amide bonds. The molecule has 0 aliphatic carbocycles. The molecule has 1 nitrogen and oxygen atoms in total. The zero-order chi connectivity index (χ0) is 14.9. The van der Waals surface area contributed by atoms with E-state index in [1.54, 1.807) is 0 Å². The number of alkyl halides is 3. The summed E-state index contributed by atoms with van der Waals surface area (Å²) in [5, 5.41) is 0. The van der Waals surface area contributed by atoms with E-state index in [1.807, 2.05) is 0 Å². The lowest BCUT2D eigenvalue weighted by molar-refractivity contribution is -0.137. The van der Waals surface area contributed by atoms with Crippen LogP contribution in [-0.4, -0.2) is 0 Å². The molecule has 6 heteroatoms. The van der Waals surface area contributed by atoms with Crippen molar-refractivity contribution in [3.05, 3.63) is 69.4 Å². The Morgan fingerprint density at radius 1 is 1.05 bits per heavy atom. The lowest BCUT2D eigenvalue weighted by Crippen LogP contribution is -2.15. The van der Waals surface area contributed by atoms with Crippen LogP contribution in [0.3, 0.4) is 0 Å². The summed E-state index contributed by atoms with van der Waals surface area (Å²) in [7, 11) is 0. The molecule has 1 unspecified atom stereocenters. The molecule has 0 bridgehead atoms. The molecule has 0 heterocycles. The normalized spacial score (nSPS) is 13.3. The predicted octanol–water partition coefficient (Wildman–Crippen LogP) is 4.66. The van der Waals surface area contributed by atoms with Crippen LogP contribution in [0.15, 0.2) is 46.9 Å². The van der Waals surface area contributed by atoms with Gasteiger partial charge in [-0.15, -0.1) is 0 Å². The van der Waals surface area contributed by atoms with E-state index in [9.17, 15) is 17.6 Å². The average molecular weight is 348 g/mol. The van der Waals surface area contributed by atoms with Gasteiger partial charge in [-0.1, -0.05) is 28.1 Å². The minimum absolute atomic E-state index is 0.138. The molecular formula is C14H10BrF4N. The number of benzene rings is 2. The molecule has 2 N–H and O–H groups in total. The van der Waals surface area contributed by atoms with Crippen molar-refractivity contribution in [3.63, 3.8) is 0 Å². The second-order valence-corrected chi connectivity index (χ2v) is 5.18. The van der Waals surface area contributed by atoms with Crippen LogP contribution < -0.4 is 5.73 Å². The van der Waals surface area contributed by atoms with E-state index in [0.717, 1.165) is 12.1 Å².